The van der Waals surface area contributed by atoms with Crippen LogP contribution in [0.4, 0.5) is 0 Å². The van der Waals surface area contributed by atoms with E-state index in [0.717, 1.165) is 25.4 Å². The number of ether oxygens (including phenoxy) is 3. The van der Waals surface area contributed by atoms with Gasteiger partial charge >= 0.3 is 0 Å². The minimum atomic E-state index is -0.0935. The van der Waals surface area contributed by atoms with Gasteiger partial charge in [0.05, 0.1) is 18.8 Å². The molecule has 24 heavy (non-hydrogen) atoms. The summed E-state index contributed by atoms with van der Waals surface area (Å²) in [5.41, 5.74) is 0. The lowest BCUT2D eigenvalue weighted by Crippen LogP contribution is -2.48. The number of nitrogens with zero attached hydrogens (tertiary/aromatic N) is 1. The maximum absolute atomic E-state index is 11.7. The van der Waals surface area contributed by atoms with Gasteiger partial charge in [0.25, 0.3) is 0 Å². The molecule has 1 heterocycles. The normalized spacial score (nSPS) is 21.4. The first-order valence-electron chi connectivity index (χ1n) is 8.53. The minimum Gasteiger partial charge on any atom is -0.491 e. The highest BCUT2D eigenvalue weighted by molar-refractivity contribution is 5.77. The van der Waals surface area contributed by atoms with E-state index in [0.29, 0.717) is 19.8 Å². The number of rotatable bonds is 9. The first kappa shape index (κ1) is 18.7. The molecule has 1 aliphatic rings. The van der Waals surface area contributed by atoms with Crippen molar-refractivity contribution in [1.82, 2.24) is 10.2 Å². The first-order chi connectivity index (χ1) is 11.6. The van der Waals surface area contributed by atoms with Gasteiger partial charge in [-0.05, 0) is 26.0 Å². The van der Waals surface area contributed by atoms with Crippen LogP contribution in [0.3, 0.4) is 0 Å². The Kier molecular flexibility index (Phi) is 8.01. The van der Waals surface area contributed by atoms with Gasteiger partial charge in [0.1, 0.15) is 19.0 Å². The molecule has 2 atom stereocenters. The van der Waals surface area contributed by atoms with E-state index in [1.54, 1.807) is 0 Å². The molecule has 1 saturated heterocycles. The molecule has 6 nitrogen and oxygen atoms in total. The van der Waals surface area contributed by atoms with Gasteiger partial charge in [-0.3, -0.25) is 9.69 Å². The third-order valence-electron chi connectivity index (χ3n) is 3.72. The zero-order valence-electron chi connectivity index (χ0n) is 14.6. The van der Waals surface area contributed by atoms with E-state index >= 15 is 0 Å². The Morgan fingerprint density at radius 3 is 2.62 bits per heavy atom. The van der Waals surface area contributed by atoms with Crippen molar-refractivity contribution in [1.29, 1.82) is 0 Å². The number of hydrogen-bond donors (Lipinski definition) is 1. The van der Waals surface area contributed by atoms with Crippen LogP contribution >= 0.6 is 0 Å². The van der Waals surface area contributed by atoms with Crippen LogP contribution in [-0.4, -0.2) is 69.0 Å². The molecule has 134 valence electrons. The molecule has 0 spiro atoms. The highest BCUT2D eigenvalue weighted by atomic mass is 16.5. The summed E-state index contributed by atoms with van der Waals surface area (Å²) >= 11 is 0. The van der Waals surface area contributed by atoms with Gasteiger partial charge in [-0.25, -0.2) is 0 Å². The van der Waals surface area contributed by atoms with Crippen LogP contribution in [0.2, 0.25) is 0 Å². The average molecular weight is 336 g/mol. The molecule has 1 aromatic carbocycles. The zero-order valence-corrected chi connectivity index (χ0v) is 14.6. The third kappa shape index (κ3) is 7.29. The van der Waals surface area contributed by atoms with Gasteiger partial charge < -0.3 is 19.5 Å². The van der Waals surface area contributed by atoms with E-state index in [4.69, 9.17) is 14.2 Å². The Balaban J connectivity index is 1.48. The number of amides is 1. The molecule has 1 N–H and O–H groups in total. The summed E-state index contributed by atoms with van der Waals surface area (Å²) in [6.07, 6.45) is 0.495. The van der Waals surface area contributed by atoms with Gasteiger partial charge in [0, 0.05) is 26.2 Å². The van der Waals surface area contributed by atoms with Gasteiger partial charge in [-0.2, -0.15) is 0 Å². The Hall–Kier alpha value is -1.63. The standard InChI is InChI=1S/C18H28N2O4/c1-15-12-20(13-16(2)24-15)9-8-19-18(21)14-22-10-11-23-17-6-4-3-5-7-17/h3-7,15-16H,8-14H2,1-2H3,(H,19,21)/t15-,16-/m1/s1. The number of benzene rings is 1. The fourth-order valence-corrected chi connectivity index (χ4v) is 2.77. The van der Waals surface area contributed by atoms with Gasteiger partial charge in [0.2, 0.25) is 5.91 Å². The molecule has 6 heteroatoms. The van der Waals surface area contributed by atoms with E-state index in [1.165, 1.54) is 0 Å². The molecule has 1 aromatic rings. The second kappa shape index (κ2) is 10.3. The van der Waals surface area contributed by atoms with E-state index < -0.39 is 0 Å². The van der Waals surface area contributed by atoms with E-state index in [1.807, 2.05) is 30.3 Å². The molecule has 0 bridgehead atoms. The van der Waals surface area contributed by atoms with Crippen LogP contribution in [0, 0.1) is 0 Å². The van der Waals surface area contributed by atoms with Crippen molar-refractivity contribution in [2.75, 3.05) is 46.0 Å². The van der Waals surface area contributed by atoms with E-state index in [-0.39, 0.29) is 24.7 Å². The molecule has 0 radical (unpaired) electrons. The van der Waals surface area contributed by atoms with Crippen molar-refractivity contribution in [3.8, 4) is 5.75 Å². The third-order valence-corrected chi connectivity index (χ3v) is 3.72. The molecule has 1 aliphatic heterocycles. The van der Waals surface area contributed by atoms with E-state index in [2.05, 4.69) is 24.1 Å². The topological polar surface area (TPSA) is 60.0 Å². The number of hydrogen-bond acceptors (Lipinski definition) is 5. The second-order valence-electron chi connectivity index (χ2n) is 6.08. The molecule has 0 unspecified atom stereocenters. The van der Waals surface area contributed by atoms with Crippen LogP contribution in [0.5, 0.6) is 5.75 Å². The Morgan fingerprint density at radius 1 is 1.21 bits per heavy atom. The number of para-hydroxylation sites is 1. The first-order valence-corrected chi connectivity index (χ1v) is 8.53. The maximum atomic E-state index is 11.7. The largest absolute Gasteiger partial charge is 0.491 e. The lowest BCUT2D eigenvalue weighted by molar-refractivity contribution is -0.126. The van der Waals surface area contributed by atoms with Crippen LogP contribution < -0.4 is 10.1 Å². The Labute approximate surface area is 144 Å². The van der Waals surface area contributed by atoms with Crippen molar-refractivity contribution >= 4 is 5.91 Å². The molecule has 2 rings (SSSR count). The predicted molar refractivity (Wildman–Crippen MR) is 92.2 cm³/mol. The lowest BCUT2D eigenvalue weighted by atomic mass is 10.2. The number of carbonyl (C=O) groups excluding carboxylic acids is 1. The fourth-order valence-electron chi connectivity index (χ4n) is 2.77. The summed E-state index contributed by atoms with van der Waals surface area (Å²) in [6.45, 7) is 8.32. The SMILES string of the molecule is C[C@@H]1CN(CCNC(=O)COCCOc2ccccc2)C[C@@H](C)O1. The highest BCUT2D eigenvalue weighted by Crippen LogP contribution is 2.09. The quantitative estimate of drug-likeness (QED) is 0.689. The minimum absolute atomic E-state index is 0.0636. The molecule has 0 saturated carbocycles. The van der Waals surface area contributed by atoms with E-state index in [9.17, 15) is 4.79 Å². The number of morpholine rings is 1. The molecule has 1 fully saturated rings. The summed E-state index contributed by atoms with van der Waals surface area (Å²) in [7, 11) is 0. The van der Waals surface area contributed by atoms with Crippen molar-refractivity contribution in [3.05, 3.63) is 30.3 Å². The Morgan fingerprint density at radius 2 is 1.92 bits per heavy atom. The van der Waals surface area contributed by atoms with Crippen molar-refractivity contribution < 1.29 is 19.0 Å². The zero-order chi connectivity index (χ0) is 17.2. The summed E-state index contributed by atoms with van der Waals surface area (Å²) in [5, 5.41) is 2.88. The predicted octanol–water partition coefficient (Wildman–Crippen LogP) is 1.31. The lowest BCUT2D eigenvalue weighted by Gasteiger charge is -2.35. The number of nitrogens with one attached hydrogen (secondary N) is 1. The van der Waals surface area contributed by atoms with Crippen molar-refractivity contribution in [3.63, 3.8) is 0 Å². The fraction of sp³-hybridized carbons (Fsp3) is 0.611. The van der Waals surface area contributed by atoms with Gasteiger partial charge in [-0.15, -0.1) is 0 Å². The summed E-state index contributed by atoms with van der Waals surface area (Å²) in [6, 6.07) is 9.55. The van der Waals surface area contributed by atoms with Gasteiger partial charge in [0.15, 0.2) is 0 Å². The van der Waals surface area contributed by atoms with Crippen molar-refractivity contribution in [2.24, 2.45) is 0 Å². The van der Waals surface area contributed by atoms with Crippen LogP contribution in [0.1, 0.15) is 13.8 Å². The maximum Gasteiger partial charge on any atom is 0.246 e. The summed E-state index contributed by atoms with van der Waals surface area (Å²) in [5.74, 6) is 0.712. The molecular weight excluding hydrogens is 308 g/mol. The van der Waals surface area contributed by atoms with Gasteiger partial charge in [-0.1, -0.05) is 18.2 Å². The van der Waals surface area contributed by atoms with Crippen LogP contribution in [-0.2, 0) is 14.3 Å². The Bertz CT molecular complexity index is 473. The monoisotopic (exact) mass is 336 g/mol. The average Bonchev–Trinajstić information content (AvgIpc) is 2.54. The molecule has 0 aliphatic carbocycles. The molecule has 1 amide bonds. The summed E-state index contributed by atoms with van der Waals surface area (Å²) < 4.78 is 16.5. The smallest absolute Gasteiger partial charge is 0.246 e. The molecular formula is C18H28N2O4. The highest BCUT2D eigenvalue weighted by Gasteiger charge is 2.21. The van der Waals surface area contributed by atoms with Crippen molar-refractivity contribution in [2.45, 2.75) is 26.1 Å². The second-order valence-corrected chi connectivity index (χ2v) is 6.08. The number of carbonyl (C=O) groups is 1. The van der Waals surface area contributed by atoms with Crippen LogP contribution in [0.15, 0.2) is 30.3 Å². The molecule has 0 aromatic heterocycles. The van der Waals surface area contributed by atoms with Crippen LogP contribution in [0.25, 0.3) is 0 Å². The summed E-state index contributed by atoms with van der Waals surface area (Å²) in [4.78, 5) is 14.0.